The summed E-state index contributed by atoms with van der Waals surface area (Å²) in [5.41, 5.74) is 2.39. The molecule has 0 radical (unpaired) electrons. The highest BCUT2D eigenvalue weighted by atomic mass is 32.2. The maximum Gasteiger partial charge on any atom is 0.254 e. The Morgan fingerprint density at radius 1 is 1.16 bits per heavy atom. The maximum absolute atomic E-state index is 12.0. The molecular formula is C18H22N2O4S. The number of sulfonamides is 1. The summed E-state index contributed by atoms with van der Waals surface area (Å²) in [4.78, 5) is 12.0. The van der Waals surface area contributed by atoms with Crippen molar-refractivity contribution in [1.82, 2.24) is 9.29 Å². The Kier molecular flexibility index (Phi) is 6.17. The van der Waals surface area contributed by atoms with E-state index in [1.54, 1.807) is 13.0 Å². The molecule has 0 fully saturated rings. The lowest BCUT2D eigenvalue weighted by Gasteiger charge is -2.11. The number of benzene rings is 1. The fourth-order valence-corrected chi connectivity index (χ4v) is 3.11. The van der Waals surface area contributed by atoms with E-state index < -0.39 is 10.0 Å². The second-order valence-electron chi connectivity index (χ2n) is 5.68. The maximum atomic E-state index is 12.0. The van der Waals surface area contributed by atoms with Crippen molar-refractivity contribution in [2.75, 3.05) is 13.7 Å². The third-order valence-corrected chi connectivity index (χ3v) is 4.80. The first kappa shape index (κ1) is 19.0. The van der Waals surface area contributed by atoms with Gasteiger partial charge in [-0.1, -0.05) is 29.8 Å². The summed E-state index contributed by atoms with van der Waals surface area (Å²) < 4.78 is 33.1. The Hall–Kier alpha value is -2.38. The molecule has 0 aliphatic rings. The van der Waals surface area contributed by atoms with Gasteiger partial charge in [-0.15, -0.1) is 0 Å². The van der Waals surface area contributed by atoms with Crippen LogP contribution in [0.25, 0.3) is 6.08 Å². The number of pyridine rings is 1. The minimum absolute atomic E-state index is 0.119. The smallest absolute Gasteiger partial charge is 0.254 e. The molecule has 0 aliphatic heterocycles. The Balaban J connectivity index is 1.99. The molecule has 0 saturated heterocycles. The second kappa shape index (κ2) is 8.13. The molecule has 1 N–H and O–H groups in total. The molecule has 0 amide bonds. The first-order chi connectivity index (χ1) is 11.8. The lowest BCUT2D eigenvalue weighted by Crippen LogP contribution is -2.30. The number of aromatic nitrogens is 1. The predicted octanol–water partition coefficient (Wildman–Crippen LogP) is 2.06. The molecule has 1 heterocycles. The second-order valence-corrected chi connectivity index (χ2v) is 7.33. The molecule has 0 unspecified atom stereocenters. The van der Waals surface area contributed by atoms with E-state index in [1.165, 1.54) is 23.8 Å². The number of nitrogens with one attached hydrogen (secondary N) is 1. The Labute approximate surface area is 147 Å². The highest BCUT2D eigenvalue weighted by Crippen LogP contribution is 2.09. The Bertz CT molecular complexity index is 913. The molecule has 7 heteroatoms. The van der Waals surface area contributed by atoms with Crippen molar-refractivity contribution in [2.24, 2.45) is 0 Å². The molecule has 0 atom stereocenters. The molecule has 2 aromatic rings. The summed E-state index contributed by atoms with van der Waals surface area (Å²) in [6.45, 7) is 4.10. The number of methoxy groups -OCH3 is 1. The van der Waals surface area contributed by atoms with Gasteiger partial charge in [-0.3, -0.25) is 4.79 Å². The number of nitrogens with zero attached hydrogens (tertiary/aromatic N) is 1. The molecule has 2 rings (SSSR count). The molecule has 0 spiro atoms. The molecule has 134 valence electrons. The van der Waals surface area contributed by atoms with Gasteiger partial charge in [0.2, 0.25) is 10.0 Å². The lowest BCUT2D eigenvalue weighted by atomic mass is 10.2. The van der Waals surface area contributed by atoms with Crippen LogP contribution in [-0.2, 0) is 16.6 Å². The molecule has 0 saturated carbocycles. The van der Waals surface area contributed by atoms with Crippen molar-refractivity contribution >= 4 is 16.1 Å². The first-order valence-corrected chi connectivity index (χ1v) is 9.35. The van der Waals surface area contributed by atoms with E-state index in [1.807, 2.05) is 31.2 Å². The number of aryl methyl sites for hydroxylation is 2. The van der Waals surface area contributed by atoms with Crippen LogP contribution in [-0.4, -0.2) is 26.6 Å². The van der Waals surface area contributed by atoms with Gasteiger partial charge >= 0.3 is 0 Å². The van der Waals surface area contributed by atoms with Crippen molar-refractivity contribution in [3.8, 4) is 5.75 Å². The van der Waals surface area contributed by atoms with Crippen molar-refractivity contribution in [3.63, 3.8) is 0 Å². The van der Waals surface area contributed by atoms with E-state index in [0.29, 0.717) is 11.4 Å². The van der Waals surface area contributed by atoms with Crippen molar-refractivity contribution in [2.45, 2.75) is 20.4 Å². The zero-order valence-corrected chi connectivity index (χ0v) is 15.3. The molecule has 1 aromatic carbocycles. The highest BCUT2D eigenvalue weighted by molar-refractivity contribution is 7.92. The highest BCUT2D eigenvalue weighted by Gasteiger charge is 2.07. The van der Waals surface area contributed by atoms with Crippen LogP contribution < -0.4 is 15.0 Å². The average molecular weight is 362 g/mol. The van der Waals surface area contributed by atoms with Gasteiger partial charge in [-0.05, 0) is 31.6 Å². The molecule has 25 heavy (non-hydrogen) atoms. The minimum atomic E-state index is -3.57. The van der Waals surface area contributed by atoms with Crippen LogP contribution in [0.3, 0.4) is 0 Å². The number of rotatable bonds is 7. The number of hydrogen-bond donors (Lipinski definition) is 1. The summed E-state index contributed by atoms with van der Waals surface area (Å²) >= 11 is 0. The van der Waals surface area contributed by atoms with Gasteiger partial charge in [0.1, 0.15) is 5.75 Å². The van der Waals surface area contributed by atoms with E-state index in [0.717, 1.165) is 16.5 Å². The quantitative estimate of drug-likeness (QED) is 0.818. The normalized spacial score (nSPS) is 11.8. The molecule has 0 aliphatic carbocycles. The lowest BCUT2D eigenvalue weighted by molar-refractivity contribution is 0.411. The third kappa shape index (κ3) is 5.58. The standard InChI is InChI=1S/C18H22N2O4S/c1-14-4-6-16(7-5-14)8-11-25(22,23)19-9-10-20-15(2)12-17(24-3)13-18(20)21/h4-8,11-13,19H,9-10H2,1-3H3/b11-8+. The summed E-state index contributed by atoms with van der Waals surface area (Å²) in [5.74, 6) is 0.486. The van der Waals surface area contributed by atoms with E-state index in [4.69, 9.17) is 4.74 Å². The van der Waals surface area contributed by atoms with Crippen molar-refractivity contribution in [3.05, 3.63) is 69.0 Å². The van der Waals surface area contributed by atoms with Crippen LogP contribution in [0.2, 0.25) is 0 Å². The third-order valence-electron chi connectivity index (χ3n) is 3.70. The van der Waals surface area contributed by atoms with Gasteiger partial charge in [0.25, 0.3) is 5.56 Å². The monoisotopic (exact) mass is 362 g/mol. The van der Waals surface area contributed by atoms with Gasteiger partial charge in [-0.25, -0.2) is 13.1 Å². The fourth-order valence-electron chi connectivity index (χ4n) is 2.30. The summed E-state index contributed by atoms with van der Waals surface area (Å²) in [7, 11) is -2.08. The van der Waals surface area contributed by atoms with Gasteiger partial charge in [-0.2, -0.15) is 0 Å². The number of hydrogen-bond acceptors (Lipinski definition) is 4. The molecule has 0 bridgehead atoms. The summed E-state index contributed by atoms with van der Waals surface area (Å²) in [5, 5.41) is 1.13. The zero-order valence-electron chi connectivity index (χ0n) is 14.5. The van der Waals surface area contributed by atoms with Crippen molar-refractivity contribution in [1.29, 1.82) is 0 Å². The van der Waals surface area contributed by atoms with E-state index in [2.05, 4.69) is 4.72 Å². The van der Waals surface area contributed by atoms with Crippen LogP contribution >= 0.6 is 0 Å². The molecule has 6 nitrogen and oxygen atoms in total. The van der Waals surface area contributed by atoms with Gasteiger partial charge < -0.3 is 9.30 Å². The van der Waals surface area contributed by atoms with Crippen LogP contribution in [0, 0.1) is 13.8 Å². The van der Waals surface area contributed by atoms with Gasteiger partial charge in [0.05, 0.1) is 7.11 Å². The Morgan fingerprint density at radius 2 is 1.84 bits per heavy atom. The van der Waals surface area contributed by atoms with Gasteiger partial charge in [0.15, 0.2) is 0 Å². The summed E-state index contributed by atoms with van der Waals surface area (Å²) in [6, 6.07) is 10.6. The first-order valence-electron chi connectivity index (χ1n) is 7.80. The SMILES string of the molecule is COc1cc(C)n(CCNS(=O)(=O)/C=C/c2ccc(C)cc2)c(=O)c1. The van der Waals surface area contributed by atoms with Crippen molar-refractivity contribution < 1.29 is 13.2 Å². The minimum Gasteiger partial charge on any atom is -0.496 e. The van der Waals surface area contributed by atoms with Gasteiger partial charge in [0, 0.05) is 30.3 Å². The largest absolute Gasteiger partial charge is 0.496 e. The Morgan fingerprint density at radius 3 is 2.44 bits per heavy atom. The van der Waals surface area contributed by atoms with Crippen LogP contribution in [0.4, 0.5) is 0 Å². The summed E-state index contributed by atoms with van der Waals surface area (Å²) in [6.07, 6.45) is 1.53. The predicted molar refractivity (Wildman–Crippen MR) is 99.1 cm³/mol. The average Bonchev–Trinajstić information content (AvgIpc) is 2.56. The van der Waals surface area contributed by atoms with Crippen LogP contribution in [0.1, 0.15) is 16.8 Å². The number of ether oxygens (including phenoxy) is 1. The molecular weight excluding hydrogens is 340 g/mol. The topological polar surface area (TPSA) is 77.4 Å². The van der Waals surface area contributed by atoms with E-state index in [-0.39, 0.29) is 18.6 Å². The van der Waals surface area contributed by atoms with E-state index in [9.17, 15) is 13.2 Å². The van der Waals surface area contributed by atoms with E-state index >= 15 is 0 Å². The molecule has 1 aromatic heterocycles. The van der Waals surface area contributed by atoms with Crippen LogP contribution in [0.5, 0.6) is 5.75 Å². The van der Waals surface area contributed by atoms with Crippen LogP contribution in [0.15, 0.2) is 46.6 Å². The fraction of sp³-hybridized carbons (Fsp3) is 0.278. The zero-order chi connectivity index (χ0) is 18.4.